The third-order valence-corrected chi connectivity index (χ3v) is 1.94. The third-order valence-electron chi connectivity index (χ3n) is 1.94. The van der Waals surface area contributed by atoms with Crippen LogP contribution in [0.15, 0.2) is 6.20 Å². The Hall–Kier alpha value is -1.69. The average Bonchev–Trinajstić information content (AvgIpc) is 2.24. The van der Waals surface area contributed by atoms with E-state index in [9.17, 15) is 4.79 Å². The van der Waals surface area contributed by atoms with Crippen molar-refractivity contribution in [2.45, 2.75) is 13.8 Å². The second-order valence-corrected chi connectivity index (χ2v) is 3.12. The predicted molar refractivity (Wildman–Crippen MR) is 58.7 cm³/mol. The minimum atomic E-state index is -1.02. The van der Waals surface area contributed by atoms with Gasteiger partial charge in [0, 0.05) is 19.3 Å². The van der Waals surface area contributed by atoms with Crippen molar-refractivity contribution < 1.29 is 14.6 Å². The molecule has 0 aliphatic rings. The molecule has 0 aromatic carbocycles. The standard InChI is InChI=1S/C10H15N3O3/c1-3-16-5-4-11-10-12-6-8(9(14)15)7(2)13-10/h6H,3-5H2,1-2H3,(H,14,15)(H,11,12,13). The fourth-order valence-corrected chi connectivity index (χ4v) is 1.14. The number of aromatic nitrogens is 2. The number of carboxylic acid groups (broad SMARTS) is 1. The molecule has 2 N–H and O–H groups in total. The summed E-state index contributed by atoms with van der Waals surface area (Å²) in [5.41, 5.74) is 0.566. The van der Waals surface area contributed by atoms with Crippen LogP contribution in [0, 0.1) is 6.92 Å². The second kappa shape index (κ2) is 6.02. The summed E-state index contributed by atoms with van der Waals surface area (Å²) in [6.45, 7) is 5.39. The average molecular weight is 225 g/mol. The molecular weight excluding hydrogens is 210 g/mol. The molecule has 0 aliphatic carbocycles. The van der Waals surface area contributed by atoms with Gasteiger partial charge in [0.1, 0.15) is 0 Å². The van der Waals surface area contributed by atoms with Gasteiger partial charge in [-0.3, -0.25) is 0 Å². The lowest BCUT2D eigenvalue weighted by molar-refractivity contribution is 0.0695. The van der Waals surface area contributed by atoms with Crippen molar-refractivity contribution in [3.05, 3.63) is 17.5 Å². The molecule has 0 unspecified atom stereocenters. The molecule has 0 amide bonds. The minimum Gasteiger partial charge on any atom is -0.478 e. The van der Waals surface area contributed by atoms with E-state index >= 15 is 0 Å². The summed E-state index contributed by atoms with van der Waals surface area (Å²) in [6, 6.07) is 0. The zero-order valence-corrected chi connectivity index (χ0v) is 9.36. The number of anilines is 1. The highest BCUT2D eigenvalue weighted by molar-refractivity contribution is 5.88. The molecule has 0 saturated heterocycles. The van der Waals surface area contributed by atoms with Gasteiger partial charge in [-0.2, -0.15) is 0 Å². The highest BCUT2D eigenvalue weighted by Gasteiger charge is 2.09. The molecule has 0 saturated carbocycles. The summed E-state index contributed by atoms with van der Waals surface area (Å²) in [4.78, 5) is 18.6. The largest absolute Gasteiger partial charge is 0.478 e. The molecule has 6 heteroatoms. The summed E-state index contributed by atoms with van der Waals surface area (Å²) < 4.78 is 5.14. The number of rotatable bonds is 6. The second-order valence-electron chi connectivity index (χ2n) is 3.12. The predicted octanol–water partition coefficient (Wildman–Crippen LogP) is 0.932. The van der Waals surface area contributed by atoms with Gasteiger partial charge < -0.3 is 15.2 Å². The maximum absolute atomic E-state index is 10.7. The minimum absolute atomic E-state index is 0.121. The van der Waals surface area contributed by atoms with E-state index in [2.05, 4.69) is 15.3 Å². The van der Waals surface area contributed by atoms with E-state index < -0.39 is 5.97 Å². The number of aryl methyl sites for hydroxylation is 1. The Kier molecular flexibility index (Phi) is 4.65. The third kappa shape index (κ3) is 3.47. The van der Waals surface area contributed by atoms with E-state index in [0.29, 0.717) is 31.4 Å². The normalized spacial score (nSPS) is 10.1. The van der Waals surface area contributed by atoms with Gasteiger partial charge in [-0.15, -0.1) is 0 Å². The Morgan fingerprint density at radius 3 is 2.94 bits per heavy atom. The zero-order chi connectivity index (χ0) is 12.0. The van der Waals surface area contributed by atoms with Crippen LogP contribution in [-0.4, -0.2) is 40.8 Å². The smallest absolute Gasteiger partial charge is 0.339 e. The van der Waals surface area contributed by atoms with Gasteiger partial charge in [0.15, 0.2) is 0 Å². The van der Waals surface area contributed by atoms with E-state index in [0.717, 1.165) is 0 Å². The molecule has 88 valence electrons. The number of carboxylic acids is 1. The Morgan fingerprint density at radius 1 is 1.62 bits per heavy atom. The van der Waals surface area contributed by atoms with Crippen molar-refractivity contribution in [3.63, 3.8) is 0 Å². The van der Waals surface area contributed by atoms with Gasteiger partial charge in [0.2, 0.25) is 5.95 Å². The van der Waals surface area contributed by atoms with E-state index in [1.54, 1.807) is 6.92 Å². The topological polar surface area (TPSA) is 84.3 Å². The van der Waals surface area contributed by atoms with Crippen molar-refractivity contribution in [1.29, 1.82) is 0 Å². The van der Waals surface area contributed by atoms with Crippen LogP contribution in [0.1, 0.15) is 23.0 Å². The van der Waals surface area contributed by atoms with Crippen molar-refractivity contribution in [2.24, 2.45) is 0 Å². The van der Waals surface area contributed by atoms with Crippen LogP contribution >= 0.6 is 0 Å². The van der Waals surface area contributed by atoms with Crippen LogP contribution in [0.4, 0.5) is 5.95 Å². The summed E-state index contributed by atoms with van der Waals surface area (Å²) >= 11 is 0. The molecule has 1 heterocycles. The first kappa shape index (κ1) is 12.4. The Bertz CT molecular complexity index is 368. The summed E-state index contributed by atoms with van der Waals surface area (Å²) in [5.74, 6) is -0.597. The SMILES string of the molecule is CCOCCNc1ncc(C(=O)O)c(C)n1. The highest BCUT2D eigenvalue weighted by atomic mass is 16.5. The molecule has 0 radical (unpaired) electrons. The molecule has 1 rings (SSSR count). The molecule has 0 atom stereocenters. The number of carbonyl (C=O) groups is 1. The van der Waals surface area contributed by atoms with Crippen LogP contribution in [0.2, 0.25) is 0 Å². The fraction of sp³-hybridized carbons (Fsp3) is 0.500. The maximum Gasteiger partial charge on any atom is 0.339 e. The molecule has 1 aromatic rings. The first-order chi connectivity index (χ1) is 7.65. The molecule has 0 fully saturated rings. The van der Waals surface area contributed by atoms with Crippen LogP contribution in [0.3, 0.4) is 0 Å². The summed E-state index contributed by atoms with van der Waals surface area (Å²) in [6.07, 6.45) is 1.30. The van der Waals surface area contributed by atoms with Crippen LogP contribution < -0.4 is 5.32 Å². The van der Waals surface area contributed by atoms with Gasteiger partial charge in [-0.25, -0.2) is 14.8 Å². The van der Waals surface area contributed by atoms with Crippen LogP contribution in [0.5, 0.6) is 0 Å². The van der Waals surface area contributed by atoms with Crippen molar-refractivity contribution in [3.8, 4) is 0 Å². The van der Waals surface area contributed by atoms with Gasteiger partial charge in [-0.05, 0) is 13.8 Å². The molecule has 0 bridgehead atoms. The number of aromatic carboxylic acids is 1. The molecule has 0 aliphatic heterocycles. The van der Waals surface area contributed by atoms with Gasteiger partial charge in [0.05, 0.1) is 17.9 Å². The quantitative estimate of drug-likeness (QED) is 0.701. The van der Waals surface area contributed by atoms with E-state index in [1.807, 2.05) is 6.92 Å². The lowest BCUT2D eigenvalue weighted by Crippen LogP contribution is -2.13. The van der Waals surface area contributed by atoms with E-state index in [4.69, 9.17) is 9.84 Å². The van der Waals surface area contributed by atoms with Gasteiger partial charge in [-0.1, -0.05) is 0 Å². The van der Waals surface area contributed by atoms with Gasteiger partial charge >= 0.3 is 5.97 Å². The summed E-state index contributed by atoms with van der Waals surface area (Å²) in [7, 11) is 0. The Labute approximate surface area is 93.7 Å². The zero-order valence-electron chi connectivity index (χ0n) is 9.36. The molecule has 6 nitrogen and oxygen atoms in total. The lowest BCUT2D eigenvalue weighted by atomic mass is 10.2. The number of nitrogens with one attached hydrogen (secondary N) is 1. The fourth-order valence-electron chi connectivity index (χ4n) is 1.14. The lowest BCUT2D eigenvalue weighted by Gasteiger charge is -2.06. The molecular formula is C10H15N3O3. The molecule has 0 spiro atoms. The van der Waals surface area contributed by atoms with Crippen LogP contribution in [0.25, 0.3) is 0 Å². The van der Waals surface area contributed by atoms with Crippen molar-refractivity contribution >= 4 is 11.9 Å². The Balaban J connectivity index is 2.56. The molecule has 1 aromatic heterocycles. The number of ether oxygens (including phenoxy) is 1. The van der Waals surface area contributed by atoms with Gasteiger partial charge in [0.25, 0.3) is 0 Å². The van der Waals surface area contributed by atoms with E-state index in [-0.39, 0.29) is 5.56 Å². The van der Waals surface area contributed by atoms with Crippen molar-refractivity contribution in [1.82, 2.24) is 9.97 Å². The number of hydrogen-bond acceptors (Lipinski definition) is 5. The maximum atomic E-state index is 10.7. The Morgan fingerprint density at radius 2 is 2.38 bits per heavy atom. The summed E-state index contributed by atoms with van der Waals surface area (Å²) in [5, 5.41) is 11.7. The molecule has 16 heavy (non-hydrogen) atoms. The van der Waals surface area contributed by atoms with Crippen molar-refractivity contribution in [2.75, 3.05) is 25.1 Å². The number of hydrogen-bond donors (Lipinski definition) is 2. The first-order valence-electron chi connectivity index (χ1n) is 5.03. The highest BCUT2D eigenvalue weighted by Crippen LogP contribution is 2.06. The number of nitrogens with zero attached hydrogens (tertiary/aromatic N) is 2. The van der Waals surface area contributed by atoms with Crippen LogP contribution in [-0.2, 0) is 4.74 Å². The van der Waals surface area contributed by atoms with E-state index in [1.165, 1.54) is 6.20 Å². The monoisotopic (exact) mass is 225 g/mol. The first-order valence-corrected chi connectivity index (χ1v) is 5.03.